The Morgan fingerprint density at radius 3 is 2.41 bits per heavy atom. The summed E-state index contributed by atoms with van der Waals surface area (Å²) in [6.07, 6.45) is 5.94. The van der Waals surface area contributed by atoms with Crippen LogP contribution in [0.2, 0.25) is 0 Å². The molecule has 0 unspecified atom stereocenters. The van der Waals surface area contributed by atoms with Crippen LogP contribution in [0.1, 0.15) is 33.1 Å². The van der Waals surface area contributed by atoms with E-state index in [1.54, 1.807) is 6.92 Å². The summed E-state index contributed by atoms with van der Waals surface area (Å²) in [4.78, 5) is 22.1. The van der Waals surface area contributed by atoms with E-state index in [1.807, 2.05) is 19.1 Å². The molecule has 0 aromatic carbocycles. The van der Waals surface area contributed by atoms with Gasteiger partial charge in [0, 0.05) is 12.0 Å². The highest BCUT2D eigenvalue weighted by Crippen LogP contribution is 1.96. The van der Waals surface area contributed by atoms with Crippen molar-refractivity contribution >= 4 is 11.9 Å². The first kappa shape index (κ1) is 15.4. The summed E-state index contributed by atoms with van der Waals surface area (Å²) in [5.74, 6) is -0.746. The van der Waals surface area contributed by atoms with Crippen LogP contribution in [0.15, 0.2) is 24.3 Å². The van der Waals surface area contributed by atoms with Crippen LogP contribution in [0.3, 0.4) is 0 Å². The minimum atomic E-state index is -0.466. The molecule has 0 spiro atoms. The lowest BCUT2D eigenvalue weighted by atomic mass is 10.3. The minimum absolute atomic E-state index is 0.0717. The normalized spacial score (nSPS) is 10.2. The molecule has 0 aliphatic carbocycles. The third-order valence-corrected chi connectivity index (χ3v) is 1.85. The molecule has 0 fully saturated rings. The second kappa shape index (κ2) is 9.63. The van der Waals surface area contributed by atoms with E-state index >= 15 is 0 Å². The van der Waals surface area contributed by atoms with Crippen molar-refractivity contribution in [2.75, 3.05) is 13.2 Å². The molecule has 0 aromatic heterocycles. The van der Waals surface area contributed by atoms with Gasteiger partial charge in [0.25, 0.3) is 0 Å². The van der Waals surface area contributed by atoms with Crippen molar-refractivity contribution in [3.8, 4) is 0 Å². The van der Waals surface area contributed by atoms with Gasteiger partial charge in [0.2, 0.25) is 0 Å². The second-order valence-corrected chi connectivity index (χ2v) is 3.56. The van der Waals surface area contributed by atoms with Crippen LogP contribution in [0.5, 0.6) is 0 Å². The molecule has 4 heteroatoms. The molecule has 0 atom stereocenters. The van der Waals surface area contributed by atoms with Gasteiger partial charge in [-0.2, -0.15) is 0 Å². The summed E-state index contributed by atoms with van der Waals surface area (Å²) in [6, 6.07) is 0. The molecule has 0 saturated heterocycles. The molecule has 0 amide bonds. The monoisotopic (exact) mass is 240 g/mol. The number of carbonyl (C=O) groups excluding carboxylic acids is 2. The van der Waals surface area contributed by atoms with E-state index in [4.69, 9.17) is 9.47 Å². The fourth-order valence-electron chi connectivity index (χ4n) is 0.971. The van der Waals surface area contributed by atoms with Gasteiger partial charge < -0.3 is 9.47 Å². The van der Waals surface area contributed by atoms with Gasteiger partial charge in [0.05, 0.1) is 0 Å². The lowest BCUT2D eigenvalue weighted by Crippen LogP contribution is -2.13. The maximum absolute atomic E-state index is 11.2. The van der Waals surface area contributed by atoms with E-state index in [1.165, 1.54) is 0 Å². The summed E-state index contributed by atoms with van der Waals surface area (Å²) < 4.78 is 9.64. The van der Waals surface area contributed by atoms with Gasteiger partial charge in [0.1, 0.15) is 13.2 Å². The zero-order chi connectivity index (χ0) is 13.1. The Labute approximate surface area is 102 Å². The summed E-state index contributed by atoms with van der Waals surface area (Å²) in [6.45, 7) is 7.20. The van der Waals surface area contributed by atoms with Gasteiger partial charge >= 0.3 is 11.9 Å². The van der Waals surface area contributed by atoms with Crippen molar-refractivity contribution in [1.82, 2.24) is 0 Å². The zero-order valence-corrected chi connectivity index (χ0v) is 10.5. The van der Waals surface area contributed by atoms with Crippen molar-refractivity contribution in [1.29, 1.82) is 0 Å². The molecule has 0 rings (SSSR count). The van der Waals surface area contributed by atoms with E-state index in [0.29, 0.717) is 18.4 Å². The molecule has 0 saturated carbocycles. The Bertz CT molecular complexity index is 292. The maximum atomic E-state index is 11.2. The molecule has 0 aliphatic heterocycles. The first-order valence-electron chi connectivity index (χ1n) is 5.71. The predicted molar refractivity (Wildman–Crippen MR) is 65.4 cm³/mol. The molecular formula is C13H20O4. The van der Waals surface area contributed by atoms with E-state index in [2.05, 4.69) is 6.58 Å². The highest BCUT2D eigenvalue weighted by atomic mass is 16.6. The predicted octanol–water partition coefficient (Wildman–Crippen LogP) is 2.40. The first-order chi connectivity index (χ1) is 8.07. The Morgan fingerprint density at radius 1 is 1.18 bits per heavy atom. The molecule has 17 heavy (non-hydrogen) atoms. The molecule has 0 aliphatic rings. The number of carbonyl (C=O) groups is 2. The number of ether oxygens (including phenoxy) is 2. The van der Waals surface area contributed by atoms with Crippen LogP contribution in [0.4, 0.5) is 0 Å². The van der Waals surface area contributed by atoms with Crippen LogP contribution in [-0.2, 0) is 19.1 Å². The van der Waals surface area contributed by atoms with Crippen molar-refractivity contribution < 1.29 is 19.1 Å². The van der Waals surface area contributed by atoms with E-state index in [9.17, 15) is 9.59 Å². The molecule has 4 nitrogen and oxygen atoms in total. The highest BCUT2D eigenvalue weighted by Gasteiger charge is 2.04. The Hall–Kier alpha value is -1.58. The summed E-state index contributed by atoms with van der Waals surface area (Å²) >= 11 is 0. The van der Waals surface area contributed by atoms with Crippen molar-refractivity contribution in [2.24, 2.45) is 0 Å². The largest absolute Gasteiger partial charge is 0.462 e. The fraction of sp³-hybridized carbons (Fsp3) is 0.538. The van der Waals surface area contributed by atoms with Gasteiger partial charge in [0.15, 0.2) is 0 Å². The first-order valence-corrected chi connectivity index (χ1v) is 5.71. The molecule has 0 heterocycles. The van der Waals surface area contributed by atoms with Crippen molar-refractivity contribution in [2.45, 2.75) is 33.1 Å². The SMILES string of the molecule is C=C(C)C(=O)OCCOC(=O)CC/C=C\CC. The quantitative estimate of drug-likeness (QED) is 0.283. The Balaban J connectivity index is 3.48. The van der Waals surface area contributed by atoms with Gasteiger partial charge in [-0.15, -0.1) is 0 Å². The van der Waals surface area contributed by atoms with Crippen LogP contribution in [0, 0.1) is 0 Å². The van der Waals surface area contributed by atoms with E-state index in [-0.39, 0.29) is 19.2 Å². The minimum Gasteiger partial charge on any atom is -0.462 e. The lowest BCUT2D eigenvalue weighted by molar-refractivity contribution is -0.150. The fourth-order valence-corrected chi connectivity index (χ4v) is 0.971. The Kier molecular flexibility index (Phi) is 8.74. The molecule has 0 bridgehead atoms. The number of hydrogen-bond acceptors (Lipinski definition) is 4. The van der Waals surface area contributed by atoms with Gasteiger partial charge in [-0.25, -0.2) is 4.79 Å². The number of esters is 2. The van der Waals surface area contributed by atoms with Gasteiger partial charge in [-0.05, 0) is 19.8 Å². The zero-order valence-electron chi connectivity index (χ0n) is 10.5. The molecule has 96 valence electrons. The van der Waals surface area contributed by atoms with Gasteiger partial charge in [-0.1, -0.05) is 25.7 Å². The average Bonchev–Trinajstić information content (AvgIpc) is 2.29. The average molecular weight is 240 g/mol. The summed E-state index contributed by atoms with van der Waals surface area (Å²) in [5.41, 5.74) is 0.334. The van der Waals surface area contributed by atoms with Crippen LogP contribution >= 0.6 is 0 Å². The molecule has 0 aromatic rings. The standard InChI is InChI=1S/C13H20O4/c1-4-5-6-7-8-12(14)16-9-10-17-13(15)11(2)3/h5-6H,2,4,7-10H2,1,3H3/b6-5-. The summed E-state index contributed by atoms with van der Waals surface area (Å²) in [7, 11) is 0. The van der Waals surface area contributed by atoms with Crippen LogP contribution in [0.25, 0.3) is 0 Å². The molecule has 0 radical (unpaired) electrons. The number of rotatable bonds is 8. The van der Waals surface area contributed by atoms with Crippen molar-refractivity contribution in [3.05, 3.63) is 24.3 Å². The highest BCUT2D eigenvalue weighted by molar-refractivity contribution is 5.86. The lowest BCUT2D eigenvalue weighted by Gasteiger charge is -2.05. The van der Waals surface area contributed by atoms with Crippen LogP contribution in [-0.4, -0.2) is 25.2 Å². The van der Waals surface area contributed by atoms with Crippen LogP contribution < -0.4 is 0 Å². The number of hydrogen-bond donors (Lipinski definition) is 0. The molecule has 0 N–H and O–H groups in total. The van der Waals surface area contributed by atoms with Crippen molar-refractivity contribution in [3.63, 3.8) is 0 Å². The topological polar surface area (TPSA) is 52.6 Å². The smallest absolute Gasteiger partial charge is 0.333 e. The maximum Gasteiger partial charge on any atom is 0.333 e. The second-order valence-electron chi connectivity index (χ2n) is 3.56. The Morgan fingerprint density at radius 2 is 1.82 bits per heavy atom. The number of allylic oxidation sites excluding steroid dienone is 2. The third-order valence-electron chi connectivity index (χ3n) is 1.85. The van der Waals surface area contributed by atoms with E-state index in [0.717, 1.165) is 6.42 Å². The molecular weight excluding hydrogens is 220 g/mol. The summed E-state index contributed by atoms with van der Waals surface area (Å²) in [5, 5.41) is 0. The third kappa shape index (κ3) is 9.35. The van der Waals surface area contributed by atoms with Gasteiger partial charge in [-0.3, -0.25) is 4.79 Å². The van der Waals surface area contributed by atoms with E-state index < -0.39 is 5.97 Å².